The lowest BCUT2D eigenvalue weighted by Gasteiger charge is -2.11. The zero-order chi connectivity index (χ0) is 14.5. The molecule has 0 bridgehead atoms. The molecule has 0 aromatic heterocycles. The van der Waals surface area contributed by atoms with E-state index in [1.54, 1.807) is 6.07 Å². The SMILES string of the molecule is Cc1ccc(OCc2ccccc2/C(N)=N/O)cc1C. The van der Waals surface area contributed by atoms with Gasteiger partial charge in [-0.2, -0.15) is 0 Å². The highest BCUT2D eigenvalue weighted by Crippen LogP contribution is 2.18. The third-order valence-electron chi connectivity index (χ3n) is 3.27. The second kappa shape index (κ2) is 6.10. The molecule has 0 saturated heterocycles. The summed E-state index contributed by atoms with van der Waals surface area (Å²) in [5.41, 5.74) is 9.63. The number of hydrogen-bond donors (Lipinski definition) is 2. The van der Waals surface area contributed by atoms with Crippen LogP contribution in [0.25, 0.3) is 0 Å². The number of ether oxygens (including phenoxy) is 1. The van der Waals surface area contributed by atoms with Crippen molar-refractivity contribution in [1.29, 1.82) is 0 Å². The van der Waals surface area contributed by atoms with Gasteiger partial charge in [-0.15, -0.1) is 0 Å². The van der Waals surface area contributed by atoms with Gasteiger partial charge in [0.2, 0.25) is 0 Å². The van der Waals surface area contributed by atoms with Crippen LogP contribution >= 0.6 is 0 Å². The lowest BCUT2D eigenvalue weighted by molar-refractivity contribution is 0.305. The zero-order valence-corrected chi connectivity index (χ0v) is 11.6. The van der Waals surface area contributed by atoms with Crippen LogP contribution in [0, 0.1) is 13.8 Å². The number of aryl methyl sites for hydroxylation is 2. The van der Waals surface area contributed by atoms with Crippen LogP contribution in [0.4, 0.5) is 0 Å². The fourth-order valence-electron chi connectivity index (χ4n) is 1.91. The molecular weight excluding hydrogens is 252 g/mol. The Balaban J connectivity index is 2.17. The molecule has 2 aromatic rings. The molecule has 0 aliphatic rings. The second-order valence-electron chi connectivity index (χ2n) is 4.68. The Bertz CT molecular complexity index is 636. The zero-order valence-electron chi connectivity index (χ0n) is 11.6. The van der Waals surface area contributed by atoms with Gasteiger partial charge in [0.15, 0.2) is 5.84 Å². The van der Waals surface area contributed by atoms with Crippen LogP contribution < -0.4 is 10.5 Å². The molecule has 0 fully saturated rings. The van der Waals surface area contributed by atoms with Crippen molar-refractivity contribution < 1.29 is 9.94 Å². The van der Waals surface area contributed by atoms with Gasteiger partial charge in [-0.05, 0) is 37.1 Å². The van der Waals surface area contributed by atoms with Gasteiger partial charge in [0.05, 0.1) is 0 Å². The van der Waals surface area contributed by atoms with Gasteiger partial charge in [-0.1, -0.05) is 35.5 Å². The Labute approximate surface area is 118 Å². The molecule has 0 radical (unpaired) electrons. The quantitative estimate of drug-likeness (QED) is 0.388. The molecule has 0 aliphatic carbocycles. The van der Waals surface area contributed by atoms with Crippen molar-refractivity contribution in [3.05, 3.63) is 64.7 Å². The van der Waals surface area contributed by atoms with Gasteiger partial charge in [0, 0.05) is 11.1 Å². The first-order valence-electron chi connectivity index (χ1n) is 6.37. The first kappa shape index (κ1) is 13.9. The number of nitrogens with zero attached hydrogens (tertiary/aromatic N) is 1. The topological polar surface area (TPSA) is 67.8 Å². The van der Waals surface area contributed by atoms with Crippen LogP contribution in [0.15, 0.2) is 47.6 Å². The van der Waals surface area contributed by atoms with Gasteiger partial charge in [0.1, 0.15) is 12.4 Å². The Kier molecular flexibility index (Phi) is 4.25. The van der Waals surface area contributed by atoms with E-state index < -0.39 is 0 Å². The van der Waals surface area contributed by atoms with E-state index in [4.69, 9.17) is 15.7 Å². The standard InChI is InChI=1S/C16H18N2O2/c1-11-7-8-14(9-12(11)2)20-10-13-5-3-4-6-15(13)16(17)18-19/h3-9,19H,10H2,1-2H3,(H2,17,18). The third kappa shape index (κ3) is 3.09. The van der Waals surface area contributed by atoms with E-state index in [9.17, 15) is 0 Å². The summed E-state index contributed by atoms with van der Waals surface area (Å²) in [5.74, 6) is 0.895. The number of benzene rings is 2. The van der Waals surface area contributed by atoms with Crippen LogP contribution in [-0.4, -0.2) is 11.0 Å². The van der Waals surface area contributed by atoms with Crippen molar-refractivity contribution in [2.45, 2.75) is 20.5 Å². The van der Waals surface area contributed by atoms with Crippen LogP contribution in [0.3, 0.4) is 0 Å². The maximum absolute atomic E-state index is 8.79. The Morgan fingerprint density at radius 2 is 1.90 bits per heavy atom. The van der Waals surface area contributed by atoms with Crippen molar-refractivity contribution >= 4 is 5.84 Å². The van der Waals surface area contributed by atoms with Crippen LogP contribution in [0.5, 0.6) is 5.75 Å². The predicted molar refractivity (Wildman–Crippen MR) is 79.2 cm³/mol. The van der Waals surface area contributed by atoms with Gasteiger partial charge in [0.25, 0.3) is 0 Å². The summed E-state index contributed by atoms with van der Waals surface area (Å²) in [6.07, 6.45) is 0. The van der Waals surface area contributed by atoms with Gasteiger partial charge < -0.3 is 15.7 Å². The average Bonchev–Trinajstić information content (AvgIpc) is 2.48. The van der Waals surface area contributed by atoms with Crippen molar-refractivity contribution in [2.75, 3.05) is 0 Å². The van der Waals surface area contributed by atoms with E-state index in [2.05, 4.69) is 12.1 Å². The third-order valence-corrected chi connectivity index (χ3v) is 3.27. The maximum Gasteiger partial charge on any atom is 0.170 e. The van der Waals surface area contributed by atoms with Gasteiger partial charge in [-0.3, -0.25) is 0 Å². The van der Waals surface area contributed by atoms with E-state index >= 15 is 0 Å². The molecule has 0 atom stereocenters. The molecular formula is C16H18N2O2. The minimum Gasteiger partial charge on any atom is -0.489 e. The molecule has 0 spiro atoms. The predicted octanol–water partition coefficient (Wildman–Crippen LogP) is 2.98. The summed E-state index contributed by atoms with van der Waals surface area (Å²) < 4.78 is 5.77. The van der Waals surface area contributed by atoms with Gasteiger partial charge >= 0.3 is 0 Å². The summed E-state index contributed by atoms with van der Waals surface area (Å²) in [6.45, 7) is 4.48. The average molecular weight is 270 g/mol. The number of hydrogen-bond acceptors (Lipinski definition) is 3. The van der Waals surface area contributed by atoms with Crippen molar-refractivity contribution in [3.63, 3.8) is 0 Å². The van der Waals surface area contributed by atoms with Crippen molar-refractivity contribution in [1.82, 2.24) is 0 Å². The highest BCUT2D eigenvalue weighted by atomic mass is 16.5. The lowest BCUT2D eigenvalue weighted by Crippen LogP contribution is -2.16. The van der Waals surface area contributed by atoms with Crippen LogP contribution in [0.2, 0.25) is 0 Å². The Morgan fingerprint density at radius 1 is 1.15 bits per heavy atom. The smallest absolute Gasteiger partial charge is 0.170 e. The van der Waals surface area contributed by atoms with Crippen molar-refractivity contribution in [3.8, 4) is 5.75 Å². The number of rotatable bonds is 4. The highest BCUT2D eigenvalue weighted by Gasteiger charge is 2.07. The molecule has 0 aliphatic heterocycles. The van der Waals surface area contributed by atoms with E-state index in [0.29, 0.717) is 12.2 Å². The molecule has 4 heteroatoms. The molecule has 0 amide bonds. The van der Waals surface area contributed by atoms with Crippen molar-refractivity contribution in [2.24, 2.45) is 10.9 Å². The normalized spacial score (nSPS) is 11.4. The first-order valence-corrected chi connectivity index (χ1v) is 6.37. The summed E-state index contributed by atoms with van der Waals surface area (Å²) >= 11 is 0. The molecule has 20 heavy (non-hydrogen) atoms. The fourth-order valence-corrected chi connectivity index (χ4v) is 1.91. The van der Waals surface area contributed by atoms with Crippen LogP contribution in [-0.2, 0) is 6.61 Å². The molecule has 0 unspecified atom stereocenters. The largest absolute Gasteiger partial charge is 0.489 e. The molecule has 4 nitrogen and oxygen atoms in total. The molecule has 2 rings (SSSR count). The Morgan fingerprint density at radius 3 is 2.60 bits per heavy atom. The summed E-state index contributed by atoms with van der Waals surface area (Å²) in [5, 5.41) is 11.8. The number of nitrogens with two attached hydrogens (primary N) is 1. The first-order chi connectivity index (χ1) is 9.61. The fraction of sp³-hybridized carbons (Fsp3) is 0.188. The Hall–Kier alpha value is -2.49. The van der Waals surface area contributed by atoms with Crippen LogP contribution in [0.1, 0.15) is 22.3 Å². The summed E-state index contributed by atoms with van der Waals surface area (Å²) in [7, 11) is 0. The molecule has 2 aromatic carbocycles. The minimum absolute atomic E-state index is 0.0873. The summed E-state index contributed by atoms with van der Waals surface area (Å²) in [4.78, 5) is 0. The van der Waals surface area contributed by atoms with E-state index in [0.717, 1.165) is 11.3 Å². The maximum atomic E-state index is 8.79. The minimum atomic E-state index is 0.0873. The number of amidine groups is 1. The monoisotopic (exact) mass is 270 g/mol. The second-order valence-corrected chi connectivity index (χ2v) is 4.68. The summed E-state index contributed by atoms with van der Waals surface area (Å²) in [6, 6.07) is 13.4. The van der Waals surface area contributed by atoms with E-state index in [1.165, 1.54) is 11.1 Å². The van der Waals surface area contributed by atoms with E-state index in [1.807, 2.05) is 43.3 Å². The molecule has 3 N–H and O–H groups in total. The highest BCUT2D eigenvalue weighted by molar-refractivity contribution is 5.98. The van der Waals surface area contributed by atoms with Gasteiger partial charge in [-0.25, -0.2) is 0 Å². The number of oxime groups is 1. The molecule has 104 valence electrons. The van der Waals surface area contributed by atoms with E-state index in [-0.39, 0.29) is 5.84 Å². The lowest BCUT2D eigenvalue weighted by atomic mass is 10.1. The molecule has 0 heterocycles. The molecule has 0 saturated carbocycles.